The average molecular weight is 336 g/mol. The predicted octanol–water partition coefficient (Wildman–Crippen LogP) is 1.49. The number of benzene rings is 1. The molecule has 2 rings (SSSR count). The second kappa shape index (κ2) is 6.97. The van der Waals surface area contributed by atoms with Crippen LogP contribution >= 0.6 is 0 Å². The van der Waals surface area contributed by atoms with E-state index in [1.54, 1.807) is 0 Å². The van der Waals surface area contributed by atoms with Crippen LogP contribution in [0.25, 0.3) is 0 Å². The SMILES string of the molecule is Cc1ccc(OCCn2cc(S(=O)(=O)N(C)C)ccc2=O)cc1. The number of hydrogen-bond donors (Lipinski definition) is 0. The predicted molar refractivity (Wildman–Crippen MR) is 88.2 cm³/mol. The Kier molecular flexibility index (Phi) is 5.23. The molecule has 0 aliphatic heterocycles. The number of rotatable bonds is 6. The number of hydrogen-bond acceptors (Lipinski definition) is 4. The van der Waals surface area contributed by atoms with Gasteiger partial charge in [-0.15, -0.1) is 0 Å². The van der Waals surface area contributed by atoms with Crippen molar-refractivity contribution in [3.8, 4) is 5.75 Å². The van der Waals surface area contributed by atoms with Crippen molar-refractivity contribution in [3.63, 3.8) is 0 Å². The maximum absolute atomic E-state index is 12.1. The first-order valence-electron chi connectivity index (χ1n) is 7.13. The Hall–Kier alpha value is -2.12. The van der Waals surface area contributed by atoms with Gasteiger partial charge in [0.05, 0.1) is 11.4 Å². The highest BCUT2D eigenvalue weighted by Gasteiger charge is 2.18. The molecule has 0 radical (unpaired) electrons. The van der Waals surface area contributed by atoms with Crippen molar-refractivity contribution in [2.75, 3.05) is 20.7 Å². The van der Waals surface area contributed by atoms with Crippen LogP contribution in [0.1, 0.15) is 5.56 Å². The van der Waals surface area contributed by atoms with E-state index < -0.39 is 10.0 Å². The number of pyridine rings is 1. The maximum atomic E-state index is 12.1. The van der Waals surface area contributed by atoms with E-state index in [9.17, 15) is 13.2 Å². The van der Waals surface area contributed by atoms with Gasteiger partial charge in [0, 0.05) is 26.4 Å². The van der Waals surface area contributed by atoms with Crippen molar-refractivity contribution in [3.05, 3.63) is 58.5 Å². The Balaban J connectivity index is 2.11. The number of nitrogens with zero attached hydrogens (tertiary/aromatic N) is 2. The number of aryl methyl sites for hydroxylation is 1. The van der Waals surface area contributed by atoms with E-state index in [1.807, 2.05) is 31.2 Å². The fourth-order valence-corrected chi connectivity index (χ4v) is 2.87. The van der Waals surface area contributed by atoms with E-state index in [0.717, 1.165) is 9.87 Å². The molecule has 7 heteroatoms. The third-order valence-electron chi connectivity index (χ3n) is 3.36. The maximum Gasteiger partial charge on any atom is 0.250 e. The molecule has 2 aromatic rings. The molecular formula is C16H20N2O4S. The summed E-state index contributed by atoms with van der Waals surface area (Å²) in [5.74, 6) is 0.709. The van der Waals surface area contributed by atoms with Crippen molar-refractivity contribution in [1.29, 1.82) is 0 Å². The van der Waals surface area contributed by atoms with E-state index in [0.29, 0.717) is 5.75 Å². The van der Waals surface area contributed by atoms with Gasteiger partial charge in [0.1, 0.15) is 12.4 Å². The molecule has 0 N–H and O–H groups in total. The van der Waals surface area contributed by atoms with Crippen molar-refractivity contribution in [2.45, 2.75) is 18.4 Å². The van der Waals surface area contributed by atoms with E-state index in [4.69, 9.17) is 4.74 Å². The highest BCUT2D eigenvalue weighted by atomic mass is 32.2. The molecule has 0 aliphatic rings. The molecule has 0 saturated heterocycles. The Bertz CT molecular complexity index is 824. The van der Waals surface area contributed by atoms with Crippen molar-refractivity contribution in [2.24, 2.45) is 0 Å². The second-order valence-corrected chi connectivity index (χ2v) is 7.50. The summed E-state index contributed by atoms with van der Waals surface area (Å²) < 4.78 is 32.2. The zero-order valence-corrected chi connectivity index (χ0v) is 14.2. The third kappa shape index (κ3) is 4.20. The Morgan fingerprint density at radius 3 is 2.35 bits per heavy atom. The minimum Gasteiger partial charge on any atom is -0.492 e. The summed E-state index contributed by atoms with van der Waals surface area (Å²) in [6.07, 6.45) is 1.34. The van der Waals surface area contributed by atoms with E-state index in [2.05, 4.69) is 0 Å². The van der Waals surface area contributed by atoms with Crippen LogP contribution in [0.2, 0.25) is 0 Å². The second-order valence-electron chi connectivity index (χ2n) is 5.35. The molecule has 0 bridgehead atoms. The number of ether oxygens (including phenoxy) is 1. The lowest BCUT2D eigenvalue weighted by Gasteiger charge is -2.13. The minimum atomic E-state index is -3.57. The fraction of sp³-hybridized carbons (Fsp3) is 0.312. The molecule has 124 valence electrons. The first-order valence-corrected chi connectivity index (χ1v) is 8.57. The molecule has 6 nitrogen and oxygen atoms in total. The third-order valence-corrected chi connectivity index (χ3v) is 5.16. The van der Waals surface area contributed by atoms with Gasteiger partial charge in [-0.3, -0.25) is 4.79 Å². The van der Waals surface area contributed by atoms with Crippen molar-refractivity contribution < 1.29 is 13.2 Å². The summed E-state index contributed by atoms with van der Waals surface area (Å²) in [4.78, 5) is 11.9. The van der Waals surface area contributed by atoms with Crippen LogP contribution in [0, 0.1) is 6.92 Å². The van der Waals surface area contributed by atoms with Gasteiger partial charge in [0.15, 0.2) is 0 Å². The molecule has 1 heterocycles. The summed E-state index contributed by atoms with van der Waals surface area (Å²) in [5.41, 5.74) is 0.866. The Morgan fingerprint density at radius 2 is 1.74 bits per heavy atom. The molecule has 0 fully saturated rings. The summed E-state index contributed by atoms with van der Waals surface area (Å²) in [5, 5.41) is 0. The lowest BCUT2D eigenvalue weighted by molar-refractivity contribution is 0.295. The molecular weight excluding hydrogens is 316 g/mol. The van der Waals surface area contributed by atoms with Crippen LogP contribution < -0.4 is 10.3 Å². The van der Waals surface area contributed by atoms with Crippen LogP contribution in [-0.4, -0.2) is 38.0 Å². The van der Waals surface area contributed by atoms with Gasteiger partial charge < -0.3 is 9.30 Å². The fourth-order valence-electron chi connectivity index (χ4n) is 1.94. The smallest absolute Gasteiger partial charge is 0.250 e. The van der Waals surface area contributed by atoms with E-state index in [1.165, 1.54) is 37.0 Å². The van der Waals surface area contributed by atoms with Gasteiger partial charge in [-0.2, -0.15) is 0 Å². The first kappa shape index (κ1) is 17.2. The summed E-state index contributed by atoms with van der Waals surface area (Å²) in [6, 6.07) is 10.1. The van der Waals surface area contributed by atoms with Crippen LogP contribution in [0.4, 0.5) is 0 Å². The molecule has 0 atom stereocenters. The zero-order valence-electron chi connectivity index (χ0n) is 13.4. The highest BCUT2D eigenvalue weighted by Crippen LogP contribution is 2.12. The van der Waals surface area contributed by atoms with Crippen LogP contribution in [0.3, 0.4) is 0 Å². The molecule has 0 unspecified atom stereocenters. The summed E-state index contributed by atoms with van der Waals surface area (Å²) in [6.45, 7) is 2.53. The lowest BCUT2D eigenvalue weighted by Crippen LogP contribution is -2.27. The monoisotopic (exact) mass is 336 g/mol. The van der Waals surface area contributed by atoms with Gasteiger partial charge in [0.25, 0.3) is 5.56 Å². The van der Waals surface area contributed by atoms with Crippen molar-refractivity contribution >= 4 is 10.0 Å². The van der Waals surface area contributed by atoms with Crippen LogP contribution in [0.15, 0.2) is 52.3 Å². The van der Waals surface area contributed by atoms with E-state index in [-0.39, 0.29) is 23.6 Å². The standard InChI is InChI=1S/C16H20N2O4S/c1-13-4-6-14(7-5-13)22-11-10-18-12-15(8-9-16(18)19)23(20,21)17(2)3/h4-9,12H,10-11H2,1-3H3. The van der Waals surface area contributed by atoms with Gasteiger partial charge in [-0.25, -0.2) is 12.7 Å². The van der Waals surface area contributed by atoms with Crippen molar-refractivity contribution in [1.82, 2.24) is 8.87 Å². The van der Waals surface area contributed by atoms with Crippen LogP contribution in [0.5, 0.6) is 5.75 Å². The van der Waals surface area contributed by atoms with Gasteiger partial charge >= 0.3 is 0 Å². The number of sulfonamides is 1. The first-order chi connectivity index (χ1) is 10.8. The lowest BCUT2D eigenvalue weighted by atomic mass is 10.2. The topological polar surface area (TPSA) is 68.6 Å². The normalized spacial score (nSPS) is 11.7. The molecule has 0 amide bonds. The molecule has 0 saturated carbocycles. The molecule has 0 spiro atoms. The van der Waals surface area contributed by atoms with Gasteiger partial charge in [0.2, 0.25) is 10.0 Å². The molecule has 1 aromatic carbocycles. The number of aromatic nitrogens is 1. The summed E-state index contributed by atoms with van der Waals surface area (Å²) in [7, 11) is -0.666. The molecule has 0 aliphatic carbocycles. The Morgan fingerprint density at radius 1 is 1.09 bits per heavy atom. The largest absolute Gasteiger partial charge is 0.492 e. The minimum absolute atomic E-state index is 0.0810. The summed E-state index contributed by atoms with van der Waals surface area (Å²) >= 11 is 0. The van der Waals surface area contributed by atoms with Crippen LogP contribution in [-0.2, 0) is 16.6 Å². The highest BCUT2D eigenvalue weighted by molar-refractivity contribution is 7.89. The molecule has 1 aromatic heterocycles. The van der Waals surface area contributed by atoms with Gasteiger partial charge in [-0.1, -0.05) is 17.7 Å². The zero-order chi connectivity index (χ0) is 17.0. The average Bonchev–Trinajstić information content (AvgIpc) is 2.50. The molecule has 23 heavy (non-hydrogen) atoms. The quantitative estimate of drug-likeness (QED) is 0.801. The Labute approximate surface area is 136 Å². The van der Waals surface area contributed by atoms with E-state index >= 15 is 0 Å². The van der Waals surface area contributed by atoms with Gasteiger partial charge in [-0.05, 0) is 25.1 Å².